The number of benzene rings is 1. The first-order valence-electron chi connectivity index (χ1n) is 5.51. The van der Waals surface area contributed by atoms with E-state index in [0.717, 1.165) is 11.3 Å². The smallest absolute Gasteiger partial charge is 0.267 e. The molecule has 0 spiro atoms. The topological polar surface area (TPSA) is 43.6 Å². The molecule has 0 aliphatic rings. The first kappa shape index (κ1) is 12.2. The average molecular weight is 293 g/mol. The second-order valence-electron chi connectivity index (χ2n) is 3.86. The molecule has 19 heavy (non-hydrogen) atoms. The zero-order valence-electron chi connectivity index (χ0n) is 9.96. The molecule has 0 aliphatic heterocycles. The van der Waals surface area contributed by atoms with Crippen molar-refractivity contribution in [2.75, 3.05) is 7.11 Å². The molecule has 2 heterocycles. The van der Waals surface area contributed by atoms with Gasteiger partial charge in [-0.3, -0.25) is 9.20 Å². The van der Waals surface area contributed by atoms with E-state index in [1.165, 1.54) is 15.7 Å². The van der Waals surface area contributed by atoms with Gasteiger partial charge in [-0.1, -0.05) is 35.1 Å². The van der Waals surface area contributed by atoms with Crippen molar-refractivity contribution < 1.29 is 4.74 Å². The number of imidazole rings is 1. The number of methoxy groups -OCH3 is 1. The zero-order valence-corrected chi connectivity index (χ0v) is 11.5. The summed E-state index contributed by atoms with van der Waals surface area (Å²) in [7, 11) is 1.60. The number of aromatic nitrogens is 2. The Morgan fingerprint density at radius 2 is 2.05 bits per heavy atom. The van der Waals surface area contributed by atoms with E-state index < -0.39 is 0 Å². The van der Waals surface area contributed by atoms with E-state index in [9.17, 15) is 4.79 Å². The monoisotopic (exact) mass is 292 g/mol. The summed E-state index contributed by atoms with van der Waals surface area (Å²) >= 11 is 7.49. The number of fused-ring (bicyclic) bond motifs is 1. The number of rotatable bonds is 2. The number of hydrogen-bond donors (Lipinski definition) is 0. The molecule has 0 fully saturated rings. The van der Waals surface area contributed by atoms with Crippen molar-refractivity contribution in [1.82, 2.24) is 9.38 Å². The summed E-state index contributed by atoms with van der Waals surface area (Å²) in [5.41, 5.74) is 1.09. The lowest BCUT2D eigenvalue weighted by Crippen LogP contribution is -2.13. The van der Waals surface area contributed by atoms with Crippen LogP contribution >= 0.6 is 22.9 Å². The molecule has 0 amide bonds. The summed E-state index contributed by atoms with van der Waals surface area (Å²) in [6.45, 7) is 0. The van der Waals surface area contributed by atoms with Crippen LogP contribution in [0.4, 0.5) is 0 Å². The van der Waals surface area contributed by atoms with Crippen LogP contribution in [-0.4, -0.2) is 16.5 Å². The second kappa shape index (κ2) is 4.68. The highest BCUT2D eigenvalue weighted by Crippen LogP contribution is 2.30. The Labute approximate surface area is 117 Å². The van der Waals surface area contributed by atoms with Crippen molar-refractivity contribution in [1.29, 1.82) is 0 Å². The molecule has 0 atom stereocenters. The van der Waals surface area contributed by atoms with Crippen LogP contribution in [0.1, 0.15) is 0 Å². The van der Waals surface area contributed by atoms with E-state index in [-0.39, 0.29) is 5.56 Å². The summed E-state index contributed by atoms with van der Waals surface area (Å²) in [6, 6.07) is 7.23. The summed E-state index contributed by atoms with van der Waals surface area (Å²) < 4.78 is 7.03. The zero-order chi connectivity index (χ0) is 13.4. The van der Waals surface area contributed by atoms with Gasteiger partial charge in [-0.2, -0.15) is 0 Å². The summed E-state index contributed by atoms with van der Waals surface area (Å²) in [6.07, 6.45) is 3.22. The quantitative estimate of drug-likeness (QED) is 0.729. The number of hydrogen-bond acceptors (Lipinski definition) is 4. The van der Waals surface area contributed by atoms with E-state index in [1.54, 1.807) is 31.6 Å². The lowest BCUT2D eigenvalue weighted by Gasteiger charge is -2.05. The molecule has 0 saturated heterocycles. The minimum Gasteiger partial charge on any atom is -0.497 e. The molecule has 4 nitrogen and oxygen atoms in total. The summed E-state index contributed by atoms with van der Waals surface area (Å²) in [5, 5.41) is 0. The van der Waals surface area contributed by atoms with E-state index in [4.69, 9.17) is 16.3 Å². The van der Waals surface area contributed by atoms with Crippen molar-refractivity contribution >= 4 is 27.9 Å². The van der Waals surface area contributed by atoms with Gasteiger partial charge < -0.3 is 4.74 Å². The number of ether oxygens (including phenoxy) is 1. The maximum atomic E-state index is 12.4. The van der Waals surface area contributed by atoms with Crippen molar-refractivity contribution in [2.45, 2.75) is 0 Å². The lowest BCUT2D eigenvalue weighted by molar-refractivity contribution is 0.415. The van der Waals surface area contributed by atoms with Gasteiger partial charge in [-0.25, -0.2) is 4.98 Å². The molecule has 3 aromatic rings. The van der Waals surface area contributed by atoms with E-state index in [1.807, 2.05) is 12.1 Å². The molecule has 0 aliphatic carbocycles. The van der Waals surface area contributed by atoms with Gasteiger partial charge in [0.2, 0.25) is 0 Å². The van der Waals surface area contributed by atoms with Crippen molar-refractivity contribution in [3.8, 4) is 16.9 Å². The molecule has 0 radical (unpaired) electrons. The molecular weight excluding hydrogens is 284 g/mol. The minimum atomic E-state index is -0.165. The molecule has 3 rings (SSSR count). The highest BCUT2D eigenvalue weighted by Gasteiger charge is 2.13. The lowest BCUT2D eigenvalue weighted by atomic mass is 10.1. The second-order valence-corrected chi connectivity index (χ2v) is 5.44. The molecule has 6 heteroatoms. The number of halogens is 1. The third-order valence-corrected chi connectivity index (χ3v) is 4.08. The van der Waals surface area contributed by atoms with Gasteiger partial charge >= 0.3 is 0 Å². The Bertz CT molecular complexity index is 793. The predicted octanol–water partition coefficient (Wildman–Crippen LogP) is 3.09. The fraction of sp³-hybridized carbons (Fsp3) is 0.0769. The fourth-order valence-corrected chi connectivity index (χ4v) is 3.07. The van der Waals surface area contributed by atoms with Gasteiger partial charge in [-0.15, -0.1) is 0 Å². The fourth-order valence-electron chi connectivity index (χ4n) is 1.85. The first-order chi connectivity index (χ1) is 9.20. The van der Waals surface area contributed by atoms with Gasteiger partial charge in [0.05, 0.1) is 12.7 Å². The number of nitrogens with zero attached hydrogens (tertiary/aromatic N) is 2. The summed E-state index contributed by atoms with van der Waals surface area (Å²) in [4.78, 5) is 17.0. The normalized spacial score (nSPS) is 10.8. The Morgan fingerprint density at radius 3 is 2.74 bits per heavy atom. The Balaban J connectivity index is 2.25. The minimum absolute atomic E-state index is 0.165. The van der Waals surface area contributed by atoms with Gasteiger partial charge in [-0.05, 0) is 17.7 Å². The average Bonchev–Trinajstić information content (AvgIpc) is 2.88. The SMILES string of the molecule is COc1ccc(-c2c(Cl)sc3nccn3c2=O)cc1. The van der Waals surface area contributed by atoms with Crippen LogP contribution < -0.4 is 10.3 Å². The van der Waals surface area contributed by atoms with E-state index >= 15 is 0 Å². The molecule has 0 N–H and O–H groups in total. The molecular formula is C13H9ClN2O2S. The van der Waals surface area contributed by atoms with Crippen LogP contribution in [0.5, 0.6) is 5.75 Å². The van der Waals surface area contributed by atoms with Crippen LogP contribution in [0.15, 0.2) is 41.5 Å². The van der Waals surface area contributed by atoms with Gasteiger partial charge in [0.25, 0.3) is 5.56 Å². The largest absolute Gasteiger partial charge is 0.497 e. The van der Waals surface area contributed by atoms with Gasteiger partial charge in [0.15, 0.2) is 4.96 Å². The van der Waals surface area contributed by atoms with Crippen LogP contribution in [-0.2, 0) is 0 Å². The first-order valence-corrected chi connectivity index (χ1v) is 6.70. The van der Waals surface area contributed by atoms with Crippen LogP contribution in [0.2, 0.25) is 4.34 Å². The third kappa shape index (κ3) is 2.01. The van der Waals surface area contributed by atoms with Gasteiger partial charge in [0.1, 0.15) is 10.1 Å². The summed E-state index contributed by atoms with van der Waals surface area (Å²) in [5.74, 6) is 0.736. The standard InChI is InChI=1S/C13H9ClN2O2S/c1-18-9-4-2-8(3-5-9)10-11(14)19-13-15-6-7-16(13)12(10)17/h2-7H,1H3. The Hall–Kier alpha value is -1.85. The van der Waals surface area contributed by atoms with Crippen molar-refractivity contribution in [3.63, 3.8) is 0 Å². The maximum Gasteiger partial charge on any atom is 0.267 e. The van der Waals surface area contributed by atoms with Crippen LogP contribution in [0, 0.1) is 0 Å². The van der Waals surface area contributed by atoms with Crippen molar-refractivity contribution in [2.24, 2.45) is 0 Å². The third-order valence-electron chi connectivity index (χ3n) is 2.80. The molecule has 0 bridgehead atoms. The molecule has 1 aromatic carbocycles. The highest BCUT2D eigenvalue weighted by molar-refractivity contribution is 7.20. The predicted molar refractivity (Wildman–Crippen MR) is 76.3 cm³/mol. The highest BCUT2D eigenvalue weighted by atomic mass is 35.5. The molecule has 0 unspecified atom stereocenters. The van der Waals surface area contributed by atoms with Crippen LogP contribution in [0.3, 0.4) is 0 Å². The maximum absolute atomic E-state index is 12.4. The van der Waals surface area contributed by atoms with Crippen molar-refractivity contribution in [3.05, 3.63) is 51.3 Å². The molecule has 2 aromatic heterocycles. The van der Waals surface area contributed by atoms with E-state index in [0.29, 0.717) is 14.9 Å². The van der Waals surface area contributed by atoms with Crippen LogP contribution in [0.25, 0.3) is 16.1 Å². The molecule has 96 valence electrons. The van der Waals surface area contributed by atoms with Gasteiger partial charge in [0, 0.05) is 12.4 Å². The van der Waals surface area contributed by atoms with E-state index in [2.05, 4.69) is 4.98 Å². The Kier molecular flexibility index (Phi) is 3.00. The Morgan fingerprint density at radius 1 is 1.32 bits per heavy atom. The molecule has 0 saturated carbocycles.